The first-order chi connectivity index (χ1) is 9.93. The van der Waals surface area contributed by atoms with Crippen LogP contribution in [0.25, 0.3) is 0 Å². The van der Waals surface area contributed by atoms with E-state index in [4.69, 9.17) is 4.74 Å². The second-order valence-corrected chi connectivity index (χ2v) is 6.79. The van der Waals surface area contributed by atoms with Gasteiger partial charge in [0.2, 0.25) is 0 Å². The lowest BCUT2D eigenvalue weighted by Gasteiger charge is -2.24. The fraction of sp³-hybridized carbons (Fsp3) is 0.667. The average molecular weight is 317 g/mol. The Morgan fingerprint density at radius 1 is 1.62 bits per heavy atom. The first-order valence-corrected chi connectivity index (χ1v) is 8.20. The zero-order valence-electron chi connectivity index (χ0n) is 11.9. The van der Waals surface area contributed by atoms with Crippen LogP contribution in [0.15, 0.2) is 11.2 Å². The highest BCUT2D eigenvalue weighted by atomic mass is 32.2. The van der Waals surface area contributed by atoms with Crippen molar-refractivity contribution in [3.05, 3.63) is 11.8 Å². The van der Waals surface area contributed by atoms with Crippen molar-refractivity contribution < 1.29 is 23.1 Å². The highest BCUT2D eigenvalue weighted by Gasteiger charge is 2.41. The lowest BCUT2D eigenvalue weighted by atomic mass is 10.0. The third-order valence-corrected chi connectivity index (χ3v) is 5.58. The highest BCUT2D eigenvalue weighted by molar-refractivity contribution is 7.89. The summed E-state index contributed by atoms with van der Waals surface area (Å²) in [6, 6.07) is -0.492. The molecule has 0 bridgehead atoms. The number of H-pyrrole nitrogens is 1. The number of aliphatic hydroxyl groups is 1. The molecule has 21 heavy (non-hydrogen) atoms. The number of aromatic nitrogens is 2. The molecular formula is C12H19N3O5S. The van der Waals surface area contributed by atoms with Crippen molar-refractivity contribution in [2.75, 3.05) is 19.8 Å². The molecule has 1 aliphatic rings. The summed E-state index contributed by atoms with van der Waals surface area (Å²) in [5.74, 6) is -0.684. The van der Waals surface area contributed by atoms with Crippen LogP contribution in [-0.2, 0) is 14.8 Å². The molecule has 1 aromatic rings. The maximum atomic E-state index is 12.7. The van der Waals surface area contributed by atoms with Crippen LogP contribution >= 0.6 is 0 Å². The summed E-state index contributed by atoms with van der Waals surface area (Å²) in [5, 5.41) is 15.1. The molecule has 2 atom stereocenters. The van der Waals surface area contributed by atoms with Crippen molar-refractivity contribution in [3.63, 3.8) is 0 Å². The van der Waals surface area contributed by atoms with Crippen LogP contribution in [-0.4, -0.2) is 59.8 Å². The van der Waals surface area contributed by atoms with Crippen molar-refractivity contribution in [2.45, 2.75) is 31.3 Å². The Kier molecular flexibility index (Phi) is 4.64. The van der Waals surface area contributed by atoms with Gasteiger partial charge in [-0.15, -0.1) is 0 Å². The second-order valence-electron chi connectivity index (χ2n) is 4.96. The molecule has 1 saturated heterocycles. The molecule has 118 valence electrons. The molecule has 1 aromatic heterocycles. The zero-order valence-corrected chi connectivity index (χ0v) is 12.8. The number of aromatic amines is 1. The fourth-order valence-corrected chi connectivity index (χ4v) is 4.28. The fourth-order valence-electron chi connectivity index (χ4n) is 2.48. The Morgan fingerprint density at radius 3 is 2.95 bits per heavy atom. The Morgan fingerprint density at radius 2 is 2.33 bits per heavy atom. The van der Waals surface area contributed by atoms with E-state index >= 15 is 0 Å². The van der Waals surface area contributed by atoms with Crippen LogP contribution in [0.5, 0.6) is 0 Å². The van der Waals surface area contributed by atoms with Gasteiger partial charge in [0.05, 0.1) is 25.5 Å². The normalized spacial score (nSPS) is 23.4. The summed E-state index contributed by atoms with van der Waals surface area (Å²) < 4.78 is 31.4. The number of hydrogen-bond acceptors (Lipinski definition) is 6. The highest BCUT2D eigenvalue weighted by Crippen LogP contribution is 2.30. The molecule has 0 amide bonds. The molecule has 9 heteroatoms. The molecular weight excluding hydrogens is 298 g/mol. The minimum Gasteiger partial charge on any atom is -0.462 e. The smallest absolute Gasteiger partial charge is 0.342 e. The summed E-state index contributed by atoms with van der Waals surface area (Å²) in [4.78, 5) is 11.8. The molecule has 0 radical (unpaired) electrons. The van der Waals surface area contributed by atoms with Gasteiger partial charge in [-0.25, -0.2) is 13.2 Å². The van der Waals surface area contributed by atoms with Crippen molar-refractivity contribution >= 4 is 16.0 Å². The predicted molar refractivity (Wildman–Crippen MR) is 73.1 cm³/mol. The standard InChI is InChI=1S/C12H19N3O5S/c1-3-20-12(17)9-6-13-14-11(9)21(18,19)15-5-4-8(2)10(15)7-16/h6,8,10,16H,3-5,7H2,1-2H3,(H,13,14). The maximum absolute atomic E-state index is 12.7. The SMILES string of the molecule is CCOC(=O)c1cn[nH]c1S(=O)(=O)N1CCC(C)C1CO. The second kappa shape index (κ2) is 6.12. The van der Waals surface area contributed by atoms with Gasteiger partial charge in [-0.1, -0.05) is 6.92 Å². The number of sulfonamides is 1. The maximum Gasteiger partial charge on any atom is 0.342 e. The minimum absolute atomic E-state index is 0.0544. The van der Waals surface area contributed by atoms with E-state index in [1.165, 1.54) is 4.31 Å². The van der Waals surface area contributed by atoms with Crippen LogP contribution in [0.1, 0.15) is 30.6 Å². The van der Waals surface area contributed by atoms with Gasteiger partial charge in [0.15, 0.2) is 5.03 Å². The van der Waals surface area contributed by atoms with Crippen LogP contribution in [0.3, 0.4) is 0 Å². The Hall–Kier alpha value is -1.45. The number of hydrogen-bond donors (Lipinski definition) is 2. The molecule has 2 unspecified atom stereocenters. The van der Waals surface area contributed by atoms with Gasteiger partial charge in [-0.2, -0.15) is 9.40 Å². The number of carbonyl (C=O) groups is 1. The number of carbonyl (C=O) groups excluding carboxylic acids is 1. The quantitative estimate of drug-likeness (QED) is 0.738. The minimum atomic E-state index is -3.93. The molecule has 2 heterocycles. The topological polar surface area (TPSA) is 113 Å². The van der Waals surface area contributed by atoms with Crippen molar-refractivity contribution in [2.24, 2.45) is 5.92 Å². The van der Waals surface area contributed by atoms with Crippen LogP contribution in [0.4, 0.5) is 0 Å². The van der Waals surface area contributed by atoms with Gasteiger partial charge in [-0.3, -0.25) is 5.10 Å². The number of nitrogens with one attached hydrogen (secondary N) is 1. The van der Waals surface area contributed by atoms with Crippen LogP contribution in [0.2, 0.25) is 0 Å². The van der Waals surface area contributed by atoms with Gasteiger partial charge >= 0.3 is 5.97 Å². The number of ether oxygens (including phenoxy) is 1. The molecule has 0 aromatic carbocycles. The number of esters is 1. The summed E-state index contributed by atoms with van der Waals surface area (Å²) in [7, 11) is -3.93. The van der Waals surface area contributed by atoms with E-state index in [2.05, 4.69) is 10.2 Å². The van der Waals surface area contributed by atoms with Gasteiger partial charge in [0.1, 0.15) is 5.56 Å². The molecule has 2 N–H and O–H groups in total. The summed E-state index contributed by atoms with van der Waals surface area (Å²) >= 11 is 0. The molecule has 2 rings (SSSR count). The van der Waals surface area contributed by atoms with Crippen molar-refractivity contribution in [3.8, 4) is 0 Å². The number of rotatable bonds is 5. The first-order valence-electron chi connectivity index (χ1n) is 6.76. The average Bonchev–Trinajstić information content (AvgIpc) is 3.05. The summed E-state index contributed by atoms with van der Waals surface area (Å²) in [5.41, 5.74) is -0.118. The lowest BCUT2D eigenvalue weighted by Crippen LogP contribution is -2.40. The zero-order chi connectivity index (χ0) is 15.6. The predicted octanol–water partition coefficient (Wildman–Crippen LogP) is -0.0222. The van der Waals surface area contributed by atoms with E-state index in [9.17, 15) is 18.3 Å². The monoisotopic (exact) mass is 317 g/mol. The van der Waals surface area contributed by atoms with Crippen molar-refractivity contribution in [1.29, 1.82) is 0 Å². The summed E-state index contributed by atoms with van der Waals surface area (Å²) in [6.07, 6.45) is 1.80. The van der Waals surface area contributed by atoms with E-state index < -0.39 is 22.0 Å². The Bertz CT molecular complexity index is 612. The van der Waals surface area contributed by atoms with Gasteiger partial charge in [0, 0.05) is 6.54 Å². The summed E-state index contributed by atoms with van der Waals surface area (Å²) in [6.45, 7) is 3.70. The molecule has 1 aliphatic heterocycles. The Labute approximate surface area is 123 Å². The van der Waals surface area contributed by atoms with Crippen LogP contribution in [0, 0.1) is 5.92 Å². The third kappa shape index (κ3) is 2.81. The molecule has 0 aliphatic carbocycles. The molecule has 0 spiro atoms. The number of aliphatic hydroxyl groups excluding tert-OH is 1. The van der Waals surface area contributed by atoms with E-state index in [0.717, 1.165) is 6.20 Å². The third-order valence-electron chi connectivity index (χ3n) is 3.69. The van der Waals surface area contributed by atoms with Gasteiger partial charge in [0.25, 0.3) is 10.0 Å². The van der Waals surface area contributed by atoms with E-state index in [1.807, 2.05) is 6.92 Å². The largest absolute Gasteiger partial charge is 0.462 e. The number of nitrogens with zero attached hydrogens (tertiary/aromatic N) is 2. The van der Waals surface area contributed by atoms with E-state index in [0.29, 0.717) is 13.0 Å². The van der Waals surface area contributed by atoms with E-state index in [1.54, 1.807) is 6.92 Å². The Balaban J connectivity index is 2.37. The lowest BCUT2D eigenvalue weighted by molar-refractivity contribution is 0.0521. The van der Waals surface area contributed by atoms with Gasteiger partial charge in [-0.05, 0) is 19.3 Å². The molecule has 1 fully saturated rings. The first kappa shape index (κ1) is 15.9. The van der Waals surface area contributed by atoms with Gasteiger partial charge < -0.3 is 9.84 Å². The van der Waals surface area contributed by atoms with Crippen molar-refractivity contribution in [1.82, 2.24) is 14.5 Å². The van der Waals surface area contributed by atoms with E-state index in [-0.39, 0.29) is 29.7 Å². The van der Waals surface area contributed by atoms with Crippen LogP contribution < -0.4 is 0 Å². The molecule has 0 saturated carbocycles. The molecule has 8 nitrogen and oxygen atoms in total.